The number of hydrogen-bond acceptors (Lipinski definition) is 2. The van der Waals surface area contributed by atoms with Gasteiger partial charge in [-0.25, -0.2) is 4.79 Å². The van der Waals surface area contributed by atoms with Crippen LogP contribution in [0.3, 0.4) is 0 Å². The van der Waals surface area contributed by atoms with Gasteiger partial charge in [-0.1, -0.05) is 26.3 Å². The third-order valence-electron chi connectivity index (χ3n) is 5.12. The summed E-state index contributed by atoms with van der Waals surface area (Å²) >= 11 is 0. The lowest BCUT2D eigenvalue weighted by atomic mass is 9.60. The number of carboxylic acid groups (broad SMARTS) is 2. The molecule has 0 aromatic carbocycles. The molecule has 2 aliphatic rings. The Balaban J connectivity index is 2.28. The number of allylic oxidation sites excluding steroid dienone is 1. The van der Waals surface area contributed by atoms with E-state index in [1.807, 2.05) is 6.08 Å². The fraction of sp³-hybridized carbons (Fsp3) is 0.733. The summed E-state index contributed by atoms with van der Waals surface area (Å²) in [4.78, 5) is 22.4. The van der Waals surface area contributed by atoms with Gasteiger partial charge in [0.15, 0.2) is 0 Å². The predicted molar refractivity (Wildman–Crippen MR) is 70.6 cm³/mol. The molecule has 0 unspecified atom stereocenters. The lowest BCUT2D eigenvalue weighted by Crippen LogP contribution is -2.40. The molecule has 1 fully saturated rings. The predicted octanol–water partition coefficient (Wildman–Crippen LogP) is 2.79. The molecule has 0 saturated heterocycles. The van der Waals surface area contributed by atoms with Gasteiger partial charge in [0.1, 0.15) is 0 Å². The first-order valence-electron chi connectivity index (χ1n) is 7.08. The van der Waals surface area contributed by atoms with Crippen LogP contribution in [0.4, 0.5) is 0 Å². The summed E-state index contributed by atoms with van der Waals surface area (Å²) in [5.74, 6) is -0.808. The zero-order valence-corrected chi connectivity index (χ0v) is 11.5. The molecule has 0 aliphatic heterocycles. The van der Waals surface area contributed by atoms with Crippen molar-refractivity contribution in [3.8, 4) is 0 Å². The Kier molecular flexibility index (Phi) is 3.97. The van der Waals surface area contributed by atoms with Gasteiger partial charge in [0, 0.05) is 5.57 Å². The van der Waals surface area contributed by atoms with Crippen LogP contribution >= 0.6 is 0 Å². The Labute approximate surface area is 113 Å². The molecule has 4 heteroatoms. The number of carbonyl (C=O) groups is 2. The third kappa shape index (κ3) is 2.67. The van der Waals surface area contributed by atoms with Crippen molar-refractivity contribution in [2.24, 2.45) is 29.6 Å². The van der Waals surface area contributed by atoms with Gasteiger partial charge in [-0.2, -0.15) is 0 Å². The summed E-state index contributed by atoms with van der Waals surface area (Å²) in [6, 6.07) is 0. The molecule has 1 saturated carbocycles. The van der Waals surface area contributed by atoms with Crippen molar-refractivity contribution in [2.45, 2.75) is 39.5 Å². The van der Waals surface area contributed by atoms with Gasteiger partial charge in [0.05, 0.1) is 5.92 Å². The molecule has 0 aromatic rings. The van der Waals surface area contributed by atoms with Crippen molar-refractivity contribution in [2.75, 3.05) is 0 Å². The second kappa shape index (κ2) is 5.35. The van der Waals surface area contributed by atoms with Crippen LogP contribution in [-0.4, -0.2) is 22.2 Å². The summed E-state index contributed by atoms with van der Waals surface area (Å²) in [5.41, 5.74) is 0.470. The summed E-state index contributed by atoms with van der Waals surface area (Å²) in [6.07, 6.45) is 5.30. The SMILES string of the molecule is C[C@@H]1CC[C@@H]([C@H](C)C(=O)O)[C@@H]2C=C(C(=O)O)CC[C@@H]21. The van der Waals surface area contributed by atoms with Crippen LogP contribution < -0.4 is 0 Å². The number of aliphatic carboxylic acids is 2. The highest BCUT2D eigenvalue weighted by atomic mass is 16.4. The smallest absolute Gasteiger partial charge is 0.331 e. The maximum Gasteiger partial charge on any atom is 0.331 e. The van der Waals surface area contributed by atoms with Gasteiger partial charge in [-0.15, -0.1) is 0 Å². The van der Waals surface area contributed by atoms with E-state index in [1.54, 1.807) is 6.92 Å². The van der Waals surface area contributed by atoms with Crippen molar-refractivity contribution in [1.82, 2.24) is 0 Å². The topological polar surface area (TPSA) is 74.6 Å². The van der Waals surface area contributed by atoms with Crippen molar-refractivity contribution in [1.29, 1.82) is 0 Å². The third-order valence-corrected chi connectivity index (χ3v) is 5.12. The summed E-state index contributed by atoms with van der Waals surface area (Å²) < 4.78 is 0. The first-order valence-corrected chi connectivity index (χ1v) is 7.08. The highest BCUT2D eigenvalue weighted by Crippen LogP contribution is 2.48. The van der Waals surface area contributed by atoms with E-state index in [2.05, 4.69) is 6.92 Å². The van der Waals surface area contributed by atoms with Crippen LogP contribution in [0.15, 0.2) is 11.6 Å². The molecular formula is C15H22O4. The number of hydrogen-bond donors (Lipinski definition) is 2. The summed E-state index contributed by atoms with van der Waals surface area (Å²) in [6.45, 7) is 3.96. The first-order chi connectivity index (χ1) is 8.91. The van der Waals surface area contributed by atoms with E-state index in [-0.39, 0.29) is 11.8 Å². The Morgan fingerprint density at radius 3 is 2.53 bits per heavy atom. The second-order valence-corrected chi connectivity index (χ2v) is 6.12. The fourth-order valence-electron chi connectivity index (χ4n) is 3.87. The molecule has 0 heterocycles. The van der Waals surface area contributed by atoms with E-state index in [0.717, 1.165) is 19.3 Å². The van der Waals surface area contributed by atoms with Crippen molar-refractivity contribution < 1.29 is 19.8 Å². The van der Waals surface area contributed by atoms with Crippen LogP contribution in [0, 0.1) is 29.6 Å². The minimum absolute atomic E-state index is 0.0772. The minimum Gasteiger partial charge on any atom is -0.481 e. The maximum atomic E-state index is 11.2. The fourth-order valence-corrected chi connectivity index (χ4v) is 3.87. The molecule has 0 bridgehead atoms. The lowest BCUT2D eigenvalue weighted by Gasteiger charge is -2.44. The Bertz CT molecular complexity index is 412. The van der Waals surface area contributed by atoms with Gasteiger partial charge in [0.25, 0.3) is 0 Å². The first kappa shape index (κ1) is 14.1. The molecule has 2 aliphatic carbocycles. The van der Waals surface area contributed by atoms with E-state index >= 15 is 0 Å². The normalized spacial score (nSPS) is 36.0. The van der Waals surface area contributed by atoms with E-state index in [0.29, 0.717) is 23.8 Å². The molecule has 106 valence electrons. The van der Waals surface area contributed by atoms with Gasteiger partial charge >= 0.3 is 11.9 Å². The van der Waals surface area contributed by atoms with Crippen molar-refractivity contribution >= 4 is 11.9 Å². The van der Waals surface area contributed by atoms with Gasteiger partial charge < -0.3 is 10.2 Å². The lowest BCUT2D eigenvalue weighted by molar-refractivity contribution is -0.144. The average Bonchev–Trinajstić information content (AvgIpc) is 2.37. The number of carboxylic acids is 2. The Hall–Kier alpha value is -1.32. The zero-order chi connectivity index (χ0) is 14.2. The summed E-state index contributed by atoms with van der Waals surface area (Å²) in [7, 11) is 0. The largest absolute Gasteiger partial charge is 0.481 e. The molecule has 0 aromatic heterocycles. The second-order valence-electron chi connectivity index (χ2n) is 6.12. The van der Waals surface area contributed by atoms with Gasteiger partial charge in [-0.05, 0) is 42.9 Å². The maximum absolute atomic E-state index is 11.2. The standard InChI is InChI=1S/C15H22O4/c1-8-3-5-12(9(2)14(16)17)13-7-10(15(18)19)4-6-11(8)13/h7-9,11-13H,3-6H2,1-2H3,(H,16,17)(H,18,19)/t8-,9+,11-,12+,13-/m1/s1. The average molecular weight is 266 g/mol. The number of rotatable bonds is 3. The van der Waals surface area contributed by atoms with Crippen LogP contribution in [0.2, 0.25) is 0 Å². The van der Waals surface area contributed by atoms with Crippen LogP contribution in [0.1, 0.15) is 39.5 Å². The Morgan fingerprint density at radius 1 is 1.26 bits per heavy atom. The molecule has 0 spiro atoms. The highest BCUT2D eigenvalue weighted by molar-refractivity contribution is 5.86. The summed E-state index contributed by atoms with van der Waals surface area (Å²) in [5, 5.41) is 18.4. The zero-order valence-electron chi connectivity index (χ0n) is 11.5. The molecule has 19 heavy (non-hydrogen) atoms. The molecule has 4 nitrogen and oxygen atoms in total. The molecular weight excluding hydrogens is 244 g/mol. The van der Waals surface area contributed by atoms with Crippen LogP contribution in [0.5, 0.6) is 0 Å². The van der Waals surface area contributed by atoms with Crippen molar-refractivity contribution in [3.63, 3.8) is 0 Å². The quantitative estimate of drug-likeness (QED) is 0.823. The molecule has 2 rings (SSSR count). The molecule has 5 atom stereocenters. The minimum atomic E-state index is -0.849. The monoisotopic (exact) mass is 266 g/mol. The van der Waals surface area contributed by atoms with E-state index in [1.165, 1.54) is 0 Å². The highest BCUT2D eigenvalue weighted by Gasteiger charge is 2.42. The Morgan fingerprint density at radius 2 is 1.95 bits per heavy atom. The number of fused-ring (bicyclic) bond motifs is 1. The van der Waals surface area contributed by atoms with E-state index in [9.17, 15) is 14.7 Å². The molecule has 0 radical (unpaired) electrons. The molecule has 2 N–H and O–H groups in total. The molecule has 0 amide bonds. The van der Waals surface area contributed by atoms with Gasteiger partial charge in [0.2, 0.25) is 0 Å². The van der Waals surface area contributed by atoms with E-state index < -0.39 is 17.9 Å². The van der Waals surface area contributed by atoms with Crippen molar-refractivity contribution in [3.05, 3.63) is 11.6 Å². The van der Waals surface area contributed by atoms with Crippen LogP contribution in [-0.2, 0) is 9.59 Å². The van der Waals surface area contributed by atoms with Crippen LogP contribution in [0.25, 0.3) is 0 Å². The van der Waals surface area contributed by atoms with E-state index in [4.69, 9.17) is 5.11 Å². The van der Waals surface area contributed by atoms with Gasteiger partial charge in [-0.3, -0.25) is 4.79 Å².